The van der Waals surface area contributed by atoms with Crippen LogP contribution in [0.15, 0.2) is 6.20 Å². The lowest BCUT2D eigenvalue weighted by Crippen LogP contribution is -2.20. The lowest BCUT2D eigenvalue weighted by atomic mass is 10.2. The van der Waals surface area contributed by atoms with Gasteiger partial charge in [-0.05, 0) is 18.6 Å². The molecule has 1 fully saturated rings. The second-order valence-electron chi connectivity index (χ2n) is 3.92. The first kappa shape index (κ1) is 12.8. The molecule has 0 radical (unpaired) electrons. The maximum Gasteiger partial charge on any atom is 0.318 e. The Labute approximate surface area is 111 Å². The summed E-state index contributed by atoms with van der Waals surface area (Å²) < 4.78 is 4.98. The van der Waals surface area contributed by atoms with Crippen molar-refractivity contribution in [3.63, 3.8) is 0 Å². The third-order valence-corrected chi connectivity index (χ3v) is 4.35. The van der Waals surface area contributed by atoms with Crippen LogP contribution in [-0.2, 0) is 0 Å². The Balaban J connectivity index is 1.92. The normalized spacial score (nSPS) is 20.0. The number of rotatable bonds is 4. The van der Waals surface area contributed by atoms with E-state index < -0.39 is 0 Å². The van der Waals surface area contributed by atoms with Gasteiger partial charge in [0.05, 0.1) is 13.3 Å². The number of methoxy groups -OCH3 is 1. The first-order valence-corrected chi connectivity index (χ1v) is 7.14. The molecular formula is C11H16ClN3OS. The average Bonchev–Trinajstić information content (AvgIpc) is 2.39. The van der Waals surface area contributed by atoms with Gasteiger partial charge in [0.15, 0.2) is 5.82 Å². The van der Waals surface area contributed by atoms with Crippen molar-refractivity contribution in [2.45, 2.75) is 24.5 Å². The maximum atomic E-state index is 6.02. The number of hydrogen-bond donors (Lipinski definition) is 1. The molecule has 6 heteroatoms. The molecule has 0 spiro atoms. The molecule has 1 aromatic heterocycles. The van der Waals surface area contributed by atoms with Crippen molar-refractivity contribution in [2.75, 3.05) is 24.7 Å². The van der Waals surface area contributed by atoms with Crippen molar-refractivity contribution in [3.8, 4) is 6.01 Å². The zero-order valence-corrected chi connectivity index (χ0v) is 11.4. The molecule has 17 heavy (non-hydrogen) atoms. The first-order chi connectivity index (χ1) is 8.29. The van der Waals surface area contributed by atoms with Gasteiger partial charge in [0, 0.05) is 11.8 Å². The van der Waals surface area contributed by atoms with Crippen molar-refractivity contribution < 1.29 is 4.74 Å². The smallest absolute Gasteiger partial charge is 0.318 e. The number of thioether (sulfide) groups is 1. The van der Waals surface area contributed by atoms with Gasteiger partial charge in [-0.15, -0.1) is 0 Å². The van der Waals surface area contributed by atoms with Crippen molar-refractivity contribution >= 4 is 29.2 Å². The summed E-state index contributed by atoms with van der Waals surface area (Å²) >= 11 is 8.04. The Bertz CT molecular complexity index is 372. The molecule has 1 unspecified atom stereocenters. The molecule has 0 amide bonds. The summed E-state index contributed by atoms with van der Waals surface area (Å²) in [4.78, 5) is 8.13. The van der Waals surface area contributed by atoms with Crippen molar-refractivity contribution in [1.82, 2.24) is 9.97 Å². The van der Waals surface area contributed by atoms with Gasteiger partial charge >= 0.3 is 6.01 Å². The van der Waals surface area contributed by atoms with Gasteiger partial charge in [-0.2, -0.15) is 16.7 Å². The number of ether oxygens (including phenoxy) is 1. The number of anilines is 1. The van der Waals surface area contributed by atoms with Gasteiger partial charge in [-0.3, -0.25) is 0 Å². The summed E-state index contributed by atoms with van der Waals surface area (Å²) in [6.45, 7) is 0.893. The number of hydrogen-bond acceptors (Lipinski definition) is 5. The predicted molar refractivity (Wildman–Crippen MR) is 72.2 cm³/mol. The van der Waals surface area contributed by atoms with Gasteiger partial charge in [0.25, 0.3) is 0 Å². The van der Waals surface area contributed by atoms with Gasteiger partial charge in [-0.25, -0.2) is 4.98 Å². The van der Waals surface area contributed by atoms with Crippen LogP contribution in [0.4, 0.5) is 5.82 Å². The fraction of sp³-hybridized carbons (Fsp3) is 0.636. The van der Waals surface area contributed by atoms with Gasteiger partial charge in [0.2, 0.25) is 0 Å². The fourth-order valence-corrected chi connectivity index (χ4v) is 3.15. The van der Waals surface area contributed by atoms with E-state index in [1.807, 2.05) is 11.8 Å². The van der Waals surface area contributed by atoms with E-state index in [1.165, 1.54) is 25.0 Å². The SMILES string of the molecule is COc1ncc(Cl)c(NCC2CCCCS2)n1. The number of halogens is 1. The Hall–Kier alpha value is -0.680. The highest BCUT2D eigenvalue weighted by Crippen LogP contribution is 2.26. The van der Waals surface area contributed by atoms with E-state index in [1.54, 1.807) is 13.3 Å². The predicted octanol–water partition coefficient (Wildman–Crippen LogP) is 2.84. The van der Waals surface area contributed by atoms with Gasteiger partial charge in [-0.1, -0.05) is 18.0 Å². The van der Waals surface area contributed by atoms with E-state index >= 15 is 0 Å². The standard InChI is InChI=1S/C11H16ClN3OS/c1-16-11-14-7-9(12)10(15-11)13-6-8-4-2-3-5-17-8/h7-8H,2-6H2,1H3,(H,13,14,15). The summed E-state index contributed by atoms with van der Waals surface area (Å²) in [6.07, 6.45) is 5.48. The van der Waals surface area contributed by atoms with Crippen LogP contribution in [0, 0.1) is 0 Å². The minimum atomic E-state index is 0.341. The Morgan fingerprint density at radius 2 is 2.47 bits per heavy atom. The molecule has 1 aliphatic heterocycles. The van der Waals surface area contributed by atoms with Crippen LogP contribution in [0.2, 0.25) is 5.02 Å². The van der Waals surface area contributed by atoms with E-state index in [-0.39, 0.29) is 0 Å². The molecule has 1 N–H and O–H groups in total. The Kier molecular flexibility index (Phi) is 4.74. The molecule has 0 aromatic carbocycles. The quantitative estimate of drug-likeness (QED) is 0.914. The molecule has 94 valence electrons. The maximum absolute atomic E-state index is 6.02. The fourth-order valence-electron chi connectivity index (χ4n) is 1.75. The van der Waals surface area contributed by atoms with Crippen LogP contribution in [0.5, 0.6) is 6.01 Å². The minimum Gasteiger partial charge on any atom is -0.467 e. The summed E-state index contributed by atoms with van der Waals surface area (Å²) in [5.41, 5.74) is 0. The van der Waals surface area contributed by atoms with Crippen LogP contribution in [-0.4, -0.2) is 34.6 Å². The summed E-state index contributed by atoms with van der Waals surface area (Å²) in [5.74, 6) is 1.91. The van der Waals surface area contributed by atoms with Gasteiger partial charge in [0.1, 0.15) is 5.02 Å². The van der Waals surface area contributed by atoms with E-state index in [0.717, 1.165) is 6.54 Å². The van der Waals surface area contributed by atoms with E-state index in [0.29, 0.717) is 22.1 Å². The highest BCUT2D eigenvalue weighted by molar-refractivity contribution is 7.99. The van der Waals surface area contributed by atoms with Gasteiger partial charge < -0.3 is 10.1 Å². The van der Waals surface area contributed by atoms with Crippen LogP contribution >= 0.6 is 23.4 Å². The molecule has 2 rings (SSSR count). The second-order valence-corrected chi connectivity index (χ2v) is 5.74. The topological polar surface area (TPSA) is 47.0 Å². The molecule has 2 heterocycles. The van der Waals surface area contributed by atoms with Crippen molar-refractivity contribution in [1.29, 1.82) is 0 Å². The molecule has 1 saturated heterocycles. The zero-order chi connectivity index (χ0) is 12.1. The molecule has 4 nitrogen and oxygen atoms in total. The highest BCUT2D eigenvalue weighted by atomic mass is 35.5. The van der Waals surface area contributed by atoms with Crippen LogP contribution in [0.3, 0.4) is 0 Å². The van der Waals surface area contributed by atoms with Crippen molar-refractivity contribution in [2.24, 2.45) is 0 Å². The lowest BCUT2D eigenvalue weighted by Gasteiger charge is -2.21. The monoisotopic (exact) mass is 273 g/mol. The molecular weight excluding hydrogens is 258 g/mol. The molecule has 1 aliphatic rings. The third-order valence-electron chi connectivity index (χ3n) is 2.68. The Morgan fingerprint density at radius 1 is 1.59 bits per heavy atom. The molecule has 0 bridgehead atoms. The number of nitrogens with zero attached hydrogens (tertiary/aromatic N) is 2. The summed E-state index contributed by atoms with van der Waals surface area (Å²) in [7, 11) is 1.55. The molecule has 1 atom stereocenters. The van der Waals surface area contributed by atoms with E-state index in [4.69, 9.17) is 16.3 Å². The van der Waals surface area contributed by atoms with E-state index in [2.05, 4.69) is 15.3 Å². The molecule has 0 saturated carbocycles. The van der Waals surface area contributed by atoms with Crippen molar-refractivity contribution in [3.05, 3.63) is 11.2 Å². The zero-order valence-electron chi connectivity index (χ0n) is 9.78. The van der Waals surface area contributed by atoms with Crippen LogP contribution in [0.1, 0.15) is 19.3 Å². The van der Waals surface area contributed by atoms with E-state index in [9.17, 15) is 0 Å². The first-order valence-electron chi connectivity index (χ1n) is 5.71. The number of nitrogens with one attached hydrogen (secondary N) is 1. The largest absolute Gasteiger partial charge is 0.467 e. The lowest BCUT2D eigenvalue weighted by molar-refractivity contribution is 0.380. The van der Waals surface area contributed by atoms with Crippen LogP contribution in [0.25, 0.3) is 0 Å². The highest BCUT2D eigenvalue weighted by Gasteiger charge is 2.14. The third kappa shape index (κ3) is 3.64. The minimum absolute atomic E-state index is 0.341. The summed E-state index contributed by atoms with van der Waals surface area (Å²) in [5, 5.41) is 4.46. The summed E-state index contributed by atoms with van der Waals surface area (Å²) in [6, 6.07) is 0.341. The number of aromatic nitrogens is 2. The second kappa shape index (κ2) is 6.31. The molecule has 0 aliphatic carbocycles. The molecule has 1 aromatic rings. The average molecular weight is 274 g/mol. The van der Waals surface area contributed by atoms with Crippen LogP contribution < -0.4 is 10.1 Å². The Morgan fingerprint density at radius 3 is 3.18 bits per heavy atom.